The van der Waals surface area contributed by atoms with Crippen LogP contribution in [0.25, 0.3) is 0 Å². The van der Waals surface area contributed by atoms with Crippen LogP contribution >= 0.6 is 0 Å². The van der Waals surface area contributed by atoms with Crippen molar-refractivity contribution in [2.24, 2.45) is 0 Å². The van der Waals surface area contributed by atoms with Gasteiger partial charge in [-0.15, -0.1) is 0 Å². The highest BCUT2D eigenvalue weighted by Gasteiger charge is 2.42. The molecule has 1 aromatic rings. The van der Waals surface area contributed by atoms with Crippen LogP contribution in [0.1, 0.15) is 24.6 Å². The lowest BCUT2D eigenvalue weighted by Gasteiger charge is -2.35. The number of rotatable bonds is 4. The van der Waals surface area contributed by atoms with Crippen molar-refractivity contribution < 1.29 is 31.5 Å². The third-order valence-electron chi connectivity index (χ3n) is 4.02. The van der Waals surface area contributed by atoms with Crippen molar-refractivity contribution in [3.63, 3.8) is 0 Å². The molecule has 1 aromatic heterocycles. The van der Waals surface area contributed by atoms with Crippen molar-refractivity contribution >= 4 is 16.0 Å². The number of aromatic nitrogens is 2. The highest BCUT2D eigenvalue weighted by molar-refractivity contribution is 7.90. The van der Waals surface area contributed by atoms with Crippen molar-refractivity contribution in [3.8, 4) is 0 Å². The second-order valence-corrected chi connectivity index (χ2v) is 8.76. The largest absolute Gasteiger partial charge is 0.490 e. The first kappa shape index (κ1) is 20.6. The molecule has 0 amide bonds. The van der Waals surface area contributed by atoms with Gasteiger partial charge in [0, 0.05) is 19.3 Å². The number of sulfonamides is 1. The number of alkyl halides is 3. The van der Waals surface area contributed by atoms with Crippen molar-refractivity contribution in [2.45, 2.75) is 36.9 Å². The molecule has 8 nitrogen and oxygen atoms in total. The van der Waals surface area contributed by atoms with E-state index < -0.39 is 22.2 Å². The molecule has 1 unspecified atom stereocenters. The van der Waals surface area contributed by atoms with Crippen LogP contribution in [0.4, 0.5) is 13.2 Å². The number of hydrogen-bond donors (Lipinski definition) is 1. The van der Waals surface area contributed by atoms with E-state index in [-0.39, 0.29) is 11.3 Å². The minimum absolute atomic E-state index is 0.137. The Morgan fingerprint density at radius 3 is 2.42 bits per heavy atom. The van der Waals surface area contributed by atoms with Crippen LogP contribution in [0.5, 0.6) is 0 Å². The molecule has 0 bridgehead atoms. The highest BCUT2D eigenvalue weighted by Crippen LogP contribution is 2.34. The van der Waals surface area contributed by atoms with Gasteiger partial charge in [-0.05, 0) is 26.9 Å². The Morgan fingerprint density at radius 1 is 1.38 bits per heavy atom. The normalized spacial score (nSPS) is 21.1. The number of carboxylic acids is 1. The molecule has 0 radical (unpaired) electrons. The van der Waals surface area contributed by atoms with Crippen LogP contribution in [0.2, 0.25) is 0 Å². The number of imidazole rings is 1. The molecule has 1 saturated carbocycles. The maximum Gasteiger partial charge on any atom is 0.490 e. The highest BCUT2D eigenvalue weighted by atomic mass is 32.2. The van der Waals surface area contributed by atoms with Gasteiger partial charge in [0.25, 0.3) is 0 Å². The number of fused-ring (bicyclic) bond motifs is 1. The Bertz CT molecular complexity index is 744. The van der Waals surface area contributed by atoms with E-state index in [0.29, 0.717) is 13.1 Å². The molecular formula is C14H21F3N4O4S. The van der Waals surface area contributed by atoms with E-state index in [1.807, 2.05) is 20.4 Å². The van der Waals surface area contributed by atoms with Gasteiger partial charge in [-0.3, -0.25) is 0 Å². The van der Waals surface area contributed by atoms with Crippen molar-refractivity contribution in [1.29, 1.82) is 0 Å². The summed E-state index contributed by atoms with van der Waals surface area (Å²) in [7, 11) is 0.905. The van der Waals surface area contributed by atoms with Gasteiger partial charge in [0.05, 0.1) is 29.9 Å². The Hall–Kier alpha value is -1.66. The molecule has 1 aliphatic heterocycles. The number of aliphatic carboxylic acids is 1. The monoisotopic (exact) mass is 398 g/mol. The second kappa shape index (κ2) is 7.53. The summed E-state index contributed by atoms with van der Waals surface area (Å²) in [6.45, 7) is 1.84. The van der Waals surface area contributed by atoms with Gasteiger partial charge in [0.1, 0.15) is 0 Å². The zero-order valence-corrected chi connectivity index (χ0v) is 15.2. The zero-order valence-electron chi connectivity index (χ0n) is 14.3. The first-order valence-corrected chi connectivity index (χ1v) is 9.37. The van der Waals surface area contributed by atoms with Crippen LogP contribution in [-0.2, 0) is 21.4 Å². The molecule has 148 valence electrons. The fourth-order valence-electron chi connectivity index (χ4n) is 2.69. The standard InChI is InChI=1S/C12H20N4O2S.C2HF3O2/c1-14(2)6-11-8-15(19(17,18)12-3-4-12)7-10-5-13-9-16(10)11;3-2(4,5)1(6)7/h5,9,11-12H,3-4,6-8H2,1-2H3;(H,6,7). The van der Waals surface area contributed by atoms with Gasteiger partial charge >= 0.3 is 12.1 Å². The van der Waals surface area contributed by atoms with E-state index >= 15 is 0 Å². The van der Waals surface area contributed by atoms with E-state index in [0.717, 1.165) is 25.1 Å². The summed E-state index contributed by atoms with van der Waals surface area (Å²) in [5.41, 5.74) is 0.988. The average Bonchev–Trinajstić information content (AvgIpc) is 3.25. The van der Waals surface area contributed by atoms with Crippen molar-refractivity contribution in [2.75, 3.05) is 27.2 Å². The first-order chi connectivity index (χ1) is 11.9. The summed E-state index contributed by atoms with van der Waals surface area (Å²) in [5.74, 6) is -2.76. The summed E-state index contributed by atoms with van der Waals surface area (Å²) in [4.78, 5) is 15.1. The average molecular weight is 398 g/mol. The van der Waals surface area contributed by atoms with Crippen molar-refractivity contribution in [1.82, 2.24) is 18.8 Å². The fraction of sp³-hybridized carbons (Fsp3) is 0.714. The lowest BCUT2D eigenvalue weighted by Crippen LogP contribution is -2.44. The minimum Gasteiger partial charge on any atom is -0.475 e. The molecule has 3 rings (SSSR count). The maximum atomic E-state index is 12.4. The Balaban J connectivity index is 0.000000298. The Kier molecular flexibility index (Phi) is 5.98. The molecule has 1 N–H and O–H groups in total. The molecule has 0 aromatic carbocycles. The minimum atomic E-state index is -5.08. The van der Waals surface area contributed by atoms with E-state index in [4.69, 9.17) is 9.90 Å². The second-order valence-electron chi connectivity index (χ2n) is 6.55. The van der Waals surface area contributed by atoms with E-state index in [9.17, 15) is 21.6 Å². The van der Waals surface area contributed by atoms with Crippen LogP contribution in [-0.4, -0.2) is 76.9 Å². The fourth-order valence-corrected chi connectivity index (χ4v) is 4.53. The molecule has 1 aliphatic carbocycles. The molecule has 2 heterocycles. The lowest BCUT2D eigenvalue weighted by molar-refractivity contribution is -0.192. The smallest absolute Gasteiger partial charge is 0.475 e. The number of likely N-dealkylation sites (N-methyl/N-ethyl adjacent to an activating group) is 1. The molecule has 12 heteroatoms. The molecule has 2 aliphatic rings. The van der Waals surface area contributed by atoms with Gasteiger partial charge in [-0.2, -0.15) is 17.5 Å². The predicted molar refractivity (Wildman–Crippen MR) is 85.9 cm³/mol. The molecule has 0 spiro atoms. The van der Waals surface area contributed by atoms with E-state index in [1.165, 1.54) is 0 Å². The van der Waals surface area contributed by atoms with Gasteiger partial charge < -0.3 is 14.6 Å². The zero-order chi connectivity index (χ0) is 19.7. The summed E-state index contributed by atoms with van der Waals surface area (Å²) in [6, 6.07) is 0.148. The Labute approximate surface area is 149 Å². The number of carbonyl (C=O) groups is 1. The lowest BCUT2D eigenvalue weighted by atomic mass is 10.2. The van der Waals surface area contributed by atoms with E-state index in [2.05, 4.69) is 14.5 Å². The summed E-state index contributed by atoms with van der Waals surface area (Å²) < 4.78 is 60.3. The number of nitrogens with zero attached hydrogens (tertiary/aromatic N) is 4. The summed E-state index contributed by atoms with van der Waals surface area (Å²) in [6.07, 6.45) is 0.134. The van der Waals surface area contributed by atoms with Crippen LogP contribution in [0.15, 0.2) is 12.5 Å². The maximum absolute atomic E-state index is 12.4. The summed E-state index contributed by atoms with van der Waals surface area (Å²) >= 11 is 0. The van der Waals surface area contributed by atoms with Gasteiger partial charge in [0.15, 0.2) is 0 Å². The van der Waals surface area contributed by atoms with Crippen molar-refractivity contribution in [3.05, 3.63) is 18.2 Å². The molecular weight excluding hydrogens is 377 g/mol. The SMILES string of the molecule is CN(C)CC1CN(S(=O)(=O)C2CC2)Cc2cncn21.O=C(O)C(F)(F)F. The molecule has 26 heavy (non-hydrogen) atoms. The van der Waals surface area contributed by atoms with Gasteiger partial charge in [0.2, 0.25) is 10.0 Å². The first-order valence-electron chi connectivity index (χ1n) is 7.87. The quantitative estimate of drug-likeness (QED) is 0.811. The third kappa shape index (κ3) is 4.95. The predicted octanol–water partition coefficient (Wildman–Crippen LogP) is 0.927. The molecule has 1 fully saturated rings. The van der Waals surface area contributed by atoms with Crippen LogP contribution in [0, 0.1) is 0 Å². The van der Waals surface area contributed by atoms with Gasteiger partial charge in [-0.25, -0.2) is 18.2 Å². The topological polar surface area (TPSA) is 95.7 Å². The molecule has 0 saturated heterocycles. The Morgan fingerprint density at radius 2 is 1.96 bits per heavy atom. The molecule has 1 atom stereocenters. The number of carboxylic acid groups (broad SMARTS) is 1. The van der Waals surface area contributed by atoms with Crippen LogP contribution < -0.4 is 0 Å². The third-order valence-corrected chi connectivity index (χ3v) is 6.33. The number of hydrogen-bond acceptors (Lipinski definition) is 5. The van der Waals surface area contributed by atoms with Gasteiger partial charge in [-0.1, -0.05) is 0 Å². The van der Waals surface area contributed by atoms with Crippen LogP contribution in [0.3, 0.4) is 0 Å². The number of halogens is 3. The summed E-state index contributed by atoms with van der Waals surface area (Å²) in [5, 5.41) is 6.99. The van der Waals surface area contributed by atoms with E-state index in [1.54, 1.807) is 10.5 Å².